The third kappa shape index (κ3) is 11.1. The molecule has 18 nitrogen and oxygen atoms in total. The molecular formula is C70H54N15O3+. The van der Waals surface area contributed by atoms with Crippen molar-refractivity contribution in [2.45, 2.75) is 20.4 Å². The summed E-state index contributed by atoms with van der Waals surface area (Å²) in [5.41, 5.74) is 14.1. The lowest BCUT2D eigenvalue weighted by molar-refractivity contribution is -0.597. The molecule has 0 spiro atoms. The summed E-state index contributed by atoms with van der Waals surface area (Å²) < 4.78 is 13.9. The lowest BCUT2D eigenvalue weighted by Gasteiger charge is -2.16. The van der Waals surface area contributed by atoms with Gasteiger partial charge in [0.25, 0.3) is 0 Å². The first-order chi connectivity index (χ1) is 43.4. The topological polar surface area (TPSA) is 210 Å². The molecule has 2 N–H and O–H groups in total. The van der Waals surface area contributed by atoms with Crippen molar-refractivity contribution >= 4 is 33.5 Å². The smallest absolute Gasteiger partial charge is 0.357 e. The molecule has 0 saturated carbocycles. The van der Waals surface area contributed by atoms with Crippen LogP contribution in [0.25, 0.3) is 118 Å². The van der Waals surface area contributed by atoms with E-state index >= 15 is 0 Å². The lowest BCUT2D eigenvalue weighted by Crippen LogP contribution is -2.32. The number of aromatic amines is 2. The summed E-state index contributed by atoms with van der Waals surface area (Å²) in [5, 5.41) is 0. The van der Waals surface area contributed by atoms with Crippen LogP contribution < -0.4 is 20.2 Å². The Kier molecular flexibility index (Phi) is 15.6. The van der Waals surface area contributed by atoms with Crippen LogP contribution in [0.2, 0.25) is 0 Å². The van der Waals surface area contributed by atoms with Crippen LogP contribution in [-0.2, 0) is 6.54 Å². The van der Waals surface area contributed by atoms with Crippen molar-refractivity contribution < 1.29 is 9.30 Å². The number of imidazole rings is 3. The van der Waals surface area contributed by atoms with Crippen molar-refractivity contribution in [3.05, 3.63) is 278 Å². The molecule has 0 atom stereocenters. The van der Waals surface area contributed by atoms with Gasteiger partial charge in [-0.1, -0.05) is 182 Å². The Balaban J connectivity index is 0.000000122. The molecule has 0 aliphatic heterocycles. The SMILES string of the molecule is CCOc1c(-c2ccccc2)c[n+](-c2ncnc3nc[nH]c23)cc1-c1ccccc1.CCn1cnc2c(-n3cc(-c4ccccc4)c(=O)c(-c4ccccc4)c3)ncnc21.O=c1c(-c2ccccc2)cn(-c2ncnc3nc[nH]c23)cc1-c1ccccc1. The van der Waals surface area contributed by atoms with Gasteiger partial charge in [0.05, 0.1) is 36.7 Å². The number of fused-ring (bicyclic) bond motifs is 3. The van der Waals surface area contributed by atoms with Crippen LogP contribution in [0.3, 0.4) is 0 Å². The Labute approximate surface area is 503 Å². The highest BCUT2D eigenvalue weighted by molar-refractivity contribution is 5.83. The molecule has 9 heterocycles. The molecule has 18 heteroatoms. The number of nitrogens with zero attached hydrogens (tertiary/aromatic N) is 13. The average Bonchev–Trinajstić information content (AvgIpc) is 2.73. The van der Waals surface area contributed by atoms with E-state index in [9.17, 15) is 9.59 Å². The fourth-order valence-electron chi connectivity index (χ4n) is 10.5. The van der Waals surface area contributed by atoms with Gasteiger partial charge in [0, 0.05) is 53.6 Å². The molecule has 15 rings (SSSR count). The molecule has 6 aromatic carbocycles. The van der Waals surface area contributed by atoms with Crippen molar-refractivity contribution in [3.63, 3.8) is 0 Å². The molecule has 0 saturated heterocycles. The molecule has 0 aliphatic carbocycles. The molecule has 0 radical (unpaired) electrons. The predicted octanol–water partition coefficient (Wildman–Crippen LogP) is 12.5. The van der Waals surface area contributed by atoms with Gasteiger partial charge >= 0.3 is 5.82 Å². The van der Waals surface area contributed by atoms with Gasteiger partial charge in [-0.2, -0.15) is 9.55 Å². The number of pyridine rings is 3. The van der Waals surface area contributed by atoms with Gasteiger partial charge in [0.2, 0.25) is 6.33 Å². The highest BCUT2D eigenvalue weighted by Gasteiger charge is 2.24. The number of aryl methyl sites for hydroxylation is 1. The summed E-state index contributed by atoms with van der Waals surface area (Å²) in [7, 11) is 0. The number of hydrogen-bond donors (Lipinski definition) is 2. The van der Waals surface area contributed by atoms with Gasteiger partial charge in [0.1, 0.15) is 36.3 Å². The van der Waals surface area contributed by atoms with Gasteiger partial charge in [-0.05, 0) is 52.2 Å². The van der Waals surface area contributed by atoms with Gasteiger partial charge in [-0.3, -0.25) is 9.59 Å². The van der Waals surface area contributed by atoms with Crippen molar-refractivity contribution in [3.8, 4) is 90.0 Å². The fourth-order valence-corrected chi connectivity index (χ4v) is 10.5. The third-order valence-electron chi connectivity index (χ3n) is 14.7. The quantitative estimate of drug-likeness (QED) is 0.109. The lowest BCUT2D eigenvalue weighted by atomic mass is 10.00. The van der Waals surface area contributed by atoms with E-state index in [-0.39, 0.29) is 10.9 Å². The summed E-state index contributed by atoms with van der Waals surface area (Å²) in [5.74, 6) is 2.86. The molecule has 88 heavy (non-hydrogen) atoms. The van der Waals surface area contributed by atoms with Crippen LogP contribution in [-0.4, -0.2) is 75.1 Å². The highest BCUT2D eigenvalue weighted by atomic mass is 16.5. The second-order valence-corrected chi connectivity index (χ2v) is 20.1. The zero-order chi connectivity index (χ0) is 59.8. The summed E-state index contributed by atoms with van der Waals surface area (Å²) in [6.07, 6.45) is 20.9. The number of rotatable bonds is 12. The zero-order valence-corrected chi connectivity index (χ0v) is 47.7. The monoisotopic (exact) mass is 1150 g/mol. The van der Waals surface area contributed by atoms with E-state index in [4.69, 9.17) is 4.74 Å². The molecule has 426 valence electrons. The molecule has 0 fully saturated rings. The Morgan fingerprint density at radius 1 is 0.420 bits per heavy atom. The molecule has 0 unspecified atom stereocenters. The Morgan fingerprint density at radius 2 is 0.807 bits per heavy atom. The first kappa shape index (κ1) is 55.0. The van der Waals surface area contributed by atoms with Crippen molar-refractivity contribution in [2.75, 3.05) is 6.61 Å². The van der Waals surface area contributed by atoms with E-state index < -0.39 is 0 Å². The van der Waals surface area contributed by atoms with E-state index in [0.717, 1.165) is 73.8 Å². The summed E-state index contributed by atoms with van der Waals surface area (Å²) in [6, 6.07) is 59.1. The van der Waals surface area contributed by atoms with Crippen LogP contribution in [0.1, 0.15) is 13.8 Å². The number of H-pyrrole nitrogens is 2. The standard InChI is InChI=1S/C24H19N5O.C24H20N5O.C22H15N5O/c1-2-28-16-27-21-23(28)25-15-26-24(21)29-13-19(17-9-5-3-6-10-17)22(30)20(14-29)18-11-7-4-8-12-18;1-2-30-22-19(17-9-5-3-6-10-17)13-29(14-20(22)18-11-7-4-8-12-18)24-21-23(26-15-25-21)27-16-28-24;28-20-17(15-7-3-1-4-8-15)11-27(12-18(20)16-9-5-2-6-10-16)22-19-21(24-13-23-19)25-14-26-22/h3-16H,2H2,1H3;3-16H,2H2,1H3,(H,25,26,27,28);1-14H,(H,23,24,25,26)/q;+1;. The fraction of sp³-hybridized carbons (Fsp3) is 0.0571. The first-order valence-electron chi connectivity index (χ1n) is 28.4. The van der Waals surface area contributed by atoms with Crippen molar-refractivity contribution in [2.24, 2.45) is 0 Å². The second-order valence-electron chi connectivity index (χ2n) is 20.1. The maximum atomic E-state index is 13.4. The number of aromatic nitrogens is 15. The van der Waals surface area contributed by atoms with E-state index in [0.29, 0.717) is 62.8 Å². The second kappa shape index (κ2) is 25.0. The number of ether oxygens (including phenoxy) is 1. The molecular weight excluding hydrogens is 1100 g/mol. The van der Waals surface area contributed by atoms with E-state index in [2.05, 4.69) is 91.5 Å². The van der Waals surface area contributed by atoms with Crippen LogP contribution in [0.4, 0.5) is 0 Å². The Hall–Kier alpha value is -12.2. The van der Waals surface area contributed by atoms with Crippen molar-refractivity contribution in [1.82, 2.24) is 68.5 Å². The predicted molar refractivity (Wildman–Crippen MR) is 341 cm³/mol. The molecule has 0 aliphatic rings. The maximum Gasteiger partial charge on any atom is 0.357 e. The van der Waals surface area contributed by atoms with Crippen LogP contribution in [0.15, 0.2) is 267 Å². The first-order valence-corrected chi connectivity index (χ1v) is 28.4. The normalized spacial score (nSPS) is 11.0. The molecule has 9 aromatic heterocycles. The van der Waals surface area contributed by atoms with E-state index in [1.54, 1.807) is 19.0 Å². The van der Waals surface area contributed by atoms with Crippen LogP contribution in [0, 0.1) is 0 Å². The number of hydrogen-bond acceptors (Lipinski definition) is 12. The molecule has 0 amide bonds. The van der Waals surface area contributed by atoms with Gasteiger partial charge in [-0.15, -0.1) is 0 Å². The Bertz CT molecular complexity index is 4830. The number of nitrogens with one attached hydrogen (secondary N) is 2. The molecule has 0 bridgehead atoms. The Morgan fingerprint density at radius 3 is 1.25 bits per heavy atom. The minimum Gasteiger partial charge on any atom is -0.492 e. The highest BCUT2D eigenvalue weighted by Crippen LogP contribution is 2.38. The average molecular weight is 1150 g/mol. The van der Waals surface area contributed by atoms with E-state index in [1.807, 2.05) is 215 Å². The summed E-state index contributed by atoms with van der Waals surface area (Å²) in [4.78, 5) is 72.2. The zero-order valence-electron chi connectivity index (χ0n) is 47.7. The van der Waals surface area contributed by atoms with Gasteiger partial charge in [0.15, 0.2) is 50.5 Å². The maximum absolute atomic E-state index is 13.4. The van der Waals surface area contributed by atoms with Crippen LogP contribution in [0.5, 0.6) is 5.75 Å². The summed E-state index contributed by atoms with van der Waals surface area (Å²) >= 11 is 0. The molecule has 15 aromatic rings. The third-order valence-corrected chi connectivity index (χ3v) is 14.7. The minimum atomic E-state index is -0.0245. The van der Waals surface area contributed by atoms with Crippen molar-refractivity contribution in [1.29, 1.82) is 0 Å². The van der Waals surface area contributed by atoms with E-state index in [1.165, 1.54) is 19.0 Å². The van der Waals surface area contributed by atoms with Crippen LogP contribution >= 0.6 is 0 Å². The van der Waals surface area contributed by atoms with Gasteiger partial charge < -0.3 is 28.4 Å². The number of benzene rings is 6. The summed E-state index contributed by atoms with van der Waals surface area (Å²) in [6.45, 7) is 5.38. The largest absolute Gasteiger partial charge is 0.492 e. The van der Waals surface area contributed by atoms with Gasteiger partial charge in [-0.25, -0.2) is 34.9 Å². The minimum absolute atomic E-state index is 0.0203.